The fraction of sp³-hybridized carbons (Fsp3) is 0.278. The number of rotatable bonds is 5. The predicted octanol–water partition coefficient (Wildman–Crippen LogP) is 2.35. The van der Waals surface area contributed by atoms with Crippen molar-refractivity contribution in [1.29, 1.82) is 0 Å². The molecule has 0 fully saturated rings. The van der Waals surface area contributed by atoms with Gasteiger partial charge >= 0.3 is 0 Å². The van der Waals surface area contributed by atoms with Crippen LogP contribution in [-0.4, -0.2) is 58.3 Å². The van der Waals surface area contributed by atoms with Crippen LogP contribution >= 0.6 is 0 Å². The van der Waals surface area contributed by atoms with Crippen molar-refractivity contribution in [3.8, 4) is 0 Å². The number of fused-ring (bicyclic) bond motifs is 1. The van der Waals surface area contributed by atoms with Crippen LogP contribution in [0.5, 0.6) is 0 Å². The molecule has 0 bridgehead atoms. The highest BCUT2D eigenvalue weighted by molar-refractivity contribution is 6.21. The second-order valence-electron chi connectivity index (χ2n) is 6.13. The van der Waals surface area contributed by atoms with Crippen molar-refractivity contribution in [1.82, 2.24) is 14.5 Å². The van der Waals surface area contributed by atoms with E-state index < -0.39 is 0 Å². The largest absolute Gasteiger partial charge is 0.505 e. The summed E-state index contributed by atoms with van der Waals surface area (Å²) in [6, 6.07) is 5.71. The van der Waals surface area contributed by atoms with Crippen molar-refractivity contribution in [2.75, 3.05) is 32.5 Å². The molecular weight excluding hydrogens is 318 g/mol. The number of likely N-dealkylation sites (N-methyl/N-ethyl adjacent to an activating group) is 1. The molecule has 0 atom stereocenters. The Bertz CT molecular complexity index is 905. The minimum Gasteiger partial charge on any atom is -0.505 e. The van der Waals surface area contributed by atoms with Gasteiger partial charge in [0.1, 0.15) is 17.2 Å². The number of hydrogen-bond acceptors (Lipinski definition) is 6. The Morgan fingerprint density at radius 1 is 1.32 bits per heavy atom. The monoisotopic (exact) mass is 339 g/mol. The molecule has 0 aliphatic heterocycles. The minimum absolute atomic E-state index is 0.0953. The molecule has 1 aliphatic rings. The Kier molecular flexibility index (Phi) is 4.67. The van der Waals surface area contributed by atoms with Crippen LogP contribution in [0.4, 0.5) is 11.5 Å². The molecule has 1 aliphatic carbocycles. The van der Waals surface area contributed by atoms with Crippen molar-refractivity contribution in [2.45, 2.75) is 6.92 Å². The first-order chi connectivity index (χ1) is 12.0. The molecule has 2 aromatic heterocycles. The molecule has 7 heteroatoms. The lowest BCUT2D eigenvalue weighted by molar-refractivity contribution is -0.111. The third-order valence-corrected chi connectivity index (χ3v) is 3.96. The molecular formula is C18H21N5O2. The maximum absolute atomic E-state index is 11.6. The van der Waals surface area contributed by atoms with Gasteiger partial charge in [0.25, 0.3) is 0 Å². The maximum atomic E-state index is 11.6. The number of aromatic nitrogens is 2. The third-order valence-electron chi connectivity index (χ3n) is 3.96. The number of nitrogens with one attached hydrogen (secondary N) is 1. The van der Waals surface area contributed by atoms with Gasteiger partial charge in [0.05, 0.1) is 5.52 Å². The summed E-state index contributed by atoms with van der Waals surface area (Å²) in [6.07, 6.45) is 4.79. The second-order valence-corrected chi connectivity index (χ2v) is 6.13. The van der Waals surface area contributed by atoms with Crippen LogP contribution in [-0.2, 0) is 4.79 Å². The average Bonchev–Trinajstić information content (AvgIpc) is 2.93. The molecule has 0 saturated carbocycles. The van der Waals surface area contributed by atoms with Crippen LogP contribution < -0.4 is 5.32 Å². The number of aliphatic hydroxyl groups excluding tert-OH is 1. The summed E-state index contributed by atoms with van der Waals surface area (Å²) in [5.41, 5.74) is 2.09. The topological polar surface area (TPSA) is 82.2 Å². The van der Waals surface area contributed by atoms with Gasteiger partial charge in [-0.05, 0) is 45.3 Å². The van der Waals surface area contributed by atoms with E-state index in [-0.39, 0.29) is 11.5 Å². The number of carbonyl (C=O) groups is 1. The van der Waals surface area contributed by atoms with Crippen molar-refractivity contribution in [3.63, 3.8) is 0 Å². The van der Waals surface area contributed by atoms with Gasteiger partial charge in [-0.15, -0.1) is 5.10 Å². The summed E-state index contributed by atoms with van der Waals surface area (Å²) in [5, 5.41) is 18.1. The molecule has 0 spiro atoms. The number of anilines is 1. The normalized spacial score (nSPS) is 16.5. The number of nitrogens with zero attached hydrogens (tertiary/aromatic N) is 4. The number of allylic oxidation sites excluding steroid dienone is 3. The predicted molar refractivity (Wildman–Crippen MR) is 98.8 cm³/mol. The van der Waals surface area contributed by atoms with E-state index in [1.807, 2.05) is 38.5 Å². The summed E-state index contributed by atoms with van der Waals surface area (Å²) in [4.78, 5) is 18.3. The molecule has 2 heterocycles. The molecule has 7 nitrogen and oxygen atoms in total. The lowest BCUT2D eigenvalue weighted by atomic mass is 10.0. The van der Waals surface area contributed by atoms with E-state index in [2.05, 4.69) is 20.3 Å². The smallest absolute Gasteiger partial charge is 0.185 e. The van der Waals surface area contributed by atoms with E-state index in [1.54, 1.807) is 11.4 Å². The van der Waals surface area contributed by atoms with Crippen LogP contribution in [0.3, 0.4) is 0 Å². The van der Waals surface area contributed by atoms with Crippen LogP contribution in [0, 0.1) is 0 Å². The van der Waals surface area contributed by atoms with E-state index in [4.69, 9.17) is 0 Å². The Hall–Kier alpha value is -2.93. The number of aliphatic hydroxyl groups is 1. The number of hydrogen-bond donors (Lipinski definition) is 2. The highest BCUT2D eigenvalue weighted by Crippen LogP contribution is 2.31. The number of pyridine rings is 1. The van der Waals surface area contributed by atoms with Crippen LogP contribution in [0.25, 0.3) is 5.52 Å². The summed E-state index contributed by atoms with van der Waals surface area (Å²) >= 11 is 0. The van der Waals surface area contributed by atoms with Gasteiger partial charge in [0, 0.05) is 24.9 Å². The Labute approximate surface area is 146 Å². The first-order valence-corrected chi connectivity index (χ1v) is 8.04. The van der Waals surface area contributed by atoms with E-state index >= 15 is 0 Å². The van der Waals surface area contributed by atoms with Gasteiger partial charge in [-0.25, -0.2) is 9.51 Å². The van der Waals surface area contributed by atoms with Gasteiger partial charge < -0.3 is 15.3 Å². The fourth-order valence-corrected chi connectivity index (χ4v) is 2.49. The molecule has 25 heavy (non-hydrogen) atoms. The number of carbonyl (C=O) groups excluding carboxylic acids is 1. The lowest BCUT2D eigenvalue weighted by Gasteiger charge is -2.11. The fourth-order valence-electron chi connectivity index (χ4n) is 2.49. The Morgan fingerprint density at radius 2 is 2.12 bits per heavy atom. The first-order valence-electron chi connectivity index (χ1n) is 8.04. The van der Waals surface area contributed by atoms with E-state index in [0.717, 1.165) is 12.1 Å². The van der Waals surface area contributed by atoms with E-state index in [1.165, 1.54) is 12.2 Å². The molecule has 3 rings (SSSR count). The first kappa shape index (κ1) is 16.9. The zero-order valence-corrected chi connectivity index (χ0v) is 14.5. The summed E-state index contributed by atoms with van der Waals surface area (Å²) in [7, 11) is 4.00. The van der Waals surface area contributed by atoms with Gasteiger partial charge in [-0.3, -0.25) is 4.79 Å². The SMILES string of the molecule is CC1=C(O)C(=Nc2c(NCCN(C)C)nn3ccccc23)C=CC1=O. The summed E-state index contributed by atoms with van der Waals surface area (Å²) < 4.78 is 1.74. The van der Waals surface area contributed by atoms with Gasteiger partial charge in [0.15, 0.2) is 11.6 Å². The second kappa shape index (κ2) is 6.90. The highest BCUT2D eigenvalue weighted by Gasteiger charge is 2.19. The Balaban J connectivity index is 2.03. The molecule has 0 aromatic carbocycles. The molecule has 0 radical (unpaired) electrons. The van der Waals surface area contributed by atoms with Crippen molar-refractivity contribution in [2.24, 2.45) is 4.99 Å². The van der Waals surface area contributed by atoms with Crippen LogP contribution in [0.15, 0.2) is 52.9 Å². The number of ketones is 1. The van der Waals surface area contributed by atoms with E-state index in [0.29, 0.717) is 29.3 Å². The van der Waals surface area contributed by atoms with Crippen molar-refractivity contribution >= 4 is 28.5 Å². The zero-order valence-electron chi connectivity index (χ0n) is 14.5. The highest BCUT2D eigenvalue weighted by atomic mass is 16.3. The molecule has 0 unspecified atom stereocenters. The van der Waals surface area contributed by atoms with Crippen LogP contribution in [0.1, 0.15) is 6.92 Å². The van der Waals surface area contributed by atoms with Crippen molar-refractivity contribution in [3.05, 3.63) is 47.9 Å². The standard InChI is InChI=1S/C18H21N5O2/c1-12-15(24)8-7-13(17(12)25)20-16-14-6-4-5-10-23(14)21-18(16)19-9-11-22(2)3/h4-8,10,25H,9,11H2,1-3H3,(H,19,21). The molecule has 2 aromatic rings. The quantitative estimate of drug-likeness (QED) is 0.817. The van der Waals surface area contributed by atoms with Gasteiger partial charge in [0.2, 0.25) is 0 Å². The lowest BCUT2D eigenvalue weighted by Crippen LogP contribution is -2.21. The molecule has 2 N–H and O–H groups in total. The van der Waals surface area contributed by atoms with Crippen molar-refractivity contribution < 1.29 is 9.90 Å². The van der Waals surface area contributed by atoms with Gasteiger partial charge in [-0.2, -0.15) is 0 Å². The van der Waals surface area contributed by atoms with Crippen LogP contribution in [0.2, 0.25) is 0 Å². The molecule has 0 saturated heterocycles. The number of aliphatic imine (C=N–C) groups is 1. The van der Waals surface area contributed by atoms with E-state index in [9.17, 15) is 9.90 Å². The summed E-state index contributed by atoms with van der Waals surface area (Å²) in [5.74, 6) is 0.332. The minimum atomic E-state index is -0.208. The molecule has 130 valence electrons. The third kappa shape index (κ3) is 3.46. The van der Waals surface area contributed by atoms with Gasteiger partial charge in [-0.1, -0.05) is 6.07 Å². The zero-order chi connectivity index (χ0) is 18.0. The maximum Gasteiger partial charge on any atom is 0.185 e. The molecule has 0 amide bonds. The Morgan fingerprint density at radius 3 is 2.88 bits per heavy atom. The summed E-state index contributed by atoms with van der Waals surface area (Å²) in [6.45, 7) is 3.15. The average molecular weight is 339 g/mol.